The molecule has 2 aromatic rings. The summed E-state index contributed by atoms with van der Waals surface area (Å²) in [7, 11) is 0. The Bertz CT molecular complexity index is 417. The van der Waals surface area contributed by atoms with Gasteiger partial charge in [-0.2, -0.15) is 18.2 Å². The summed E-state index contributed by atoms with van der Waals surface area (Å²) in [6.07, 6.45) is 0. The van der Waals surface area contributed by atoms with E-state index in [4.69, 9.17) is 11.7 Å². The van der Waals surface area contributed by atoms with Crippen molar-refractivity contribution in [2.24, 2.45) is 0 Å². The SMILES string of the molecule is [CH]c1cccc(Oc2[c-]cccc2)n1.[La]. The van der Waals surface area contributed by atoms with E-state index < -0.39 is 0 Å². The van der Waals surface area contributed by atoms with Crippen LogP contribution in [0.2, 0.25) is 0 Å². The second kappa shape index (κ2) is 6.06. The van der Waals surface area contributed by atoms with Crippen LogP contribution in [0.25, 0.3) is 0 Å². The van der Waals surface area contributed by atoms with Gasteiger partial charge in [-0.05, 0) is 6.07 Å². The van der Waals surface area contributed by atoms with E-state index in [1.54, 1.807) is 24.3 Å². The molecule has 3 heteroatoms. The Kier molecular flexibility index (Phi) is 5.02. The summed E-state index contributed by atoms with van der Waals surface area (Å²) in [6.45, 7) is 5.51. The van der Waals surface area contributed by atoms with E-state index in [1.165, 1.54) is 0 Å². The van der Waals surface area contributed by atoms with Gasteiger partial charge in [-0.3, -0.25) is 0 Å². The first-order valence-corrected chi connectivity index (χ1v) is 4.22. The minimum absolute atomic E-state index is 0. The summed E-state index contributed by atoms with van der Waals surface area (Å²) in [5.74, 6) is 1.11. The van der Waals surface area contributed by atoms with Gasteiger partial charge in [0.1, 0.15) is 0 Å². The quantitative estimate of drug-likeness (QED) is 0.794. The monoisotopic (exact) mass is 321 g/mol. The largest absolute Gasteiger partial charge is 0.466 e. The summed E-state index contributed by atoms with van der Waals surface area (Å²) in [5, 5.41) is 0. The molecule has 0 saturated heterocycles. The average molecular weight is 321 g/mol. The van der Waals surface area contributed by atoms with E-state index in [1.807, 2.05) is 18.2 Å². The van der Waals surface area contributed by atoms with Crippen molar-refractivity contribution in [3.05, 3.63) is 61.1 Å². The van der Waals surface area contributed by atoms with Crippen LogP contribution in [0.3, 0.4) is 0 Å². The predicted octanol–water partition coefficient (Wildman–Crippen LogP) is 2.73. The molecule has 2 nitrogen and oxygen atoms in total. The van der Waals surface area contributed by atoms with Crippen molar-refractivity contribution in [1.82, 2.24) is 4.98 Å². The summed E-state index contributed by atoms with van der Waals surface area (Å²) in [4.78, 5) is 4.00. The number of para-hydroxylation sites is 1. The molecule has 2 rings (SSSR count). The summed E-state index contributed by atoms with van der Waals surface area (Å²) in [6, 6.07) is 15.5. The van der Waals surface area contributed by atoms with Crippen LogP contribution in [0.5, 0.6) is 11.6 Å². The second-order valence-electron chi connectivity index (χ2n) is 2.73. The van der Waals surface area contributed by atoms with Gasteiger partial charge in [0.15, 0.2) is 0 Å². The van der Waals surface area contributed by atoms with Crippen molar-refractivity contribution in [3.63, 3.8) is 0 Å². The second-order valence-corrected chi connectivity index (χ2v) is 2.73. The number of pyridine rings is 1. The van der Waals surface area contributed by atoms with Gasteiger partial charge in [0.25, 0.3) is 0 Å². The van der Waals surface area contributed by atoms with Crippen molar-refractivity contribution in [1.29, 1.82) is 0 Å². The smallest absolute Gasteiger partial charge is 0.216 e. The number of hydrogen-bond donors (Lipinski definition) is 0. The Hall–Kier alpha value is -0.635. The maximum absolute atomic E-state index is 5.51. The molecule has 0 aliphatic carbocycles. The molecule has 0 aliphatic heterocycles. The average Bonchev–Trinajstić information content (AvgIpc) is 2.19. The first-order chi connectivity index (χ1) is 6.84. The van der Waals surface area contributed by atoms with Crippen LogP contribution in [-0.2, 0) is 0 Å². The first-order valence-electron chi connectivity index (χ1n) is 4.22. The van der Waals surface area contributed by atoms with Gasteiger partial charge >= 0.3 is 0 Å². The fourth-order valence-corrected chi connectivity index (χ4v) is 1.04. The van der Waals surface area contributed by atoms with Crippen LogP contribution >= 0.6 is 0 Å². The Morgan fingerprint density at radius 1 is 1.13 bits per heavy atom. The number of rotatable bonds is 2. The van der Waals surface area contributed by atoms with E-state index in [2.05, 4.69) is 11.1 Å². The van der Waals surface area contributed by atoms with E-state index in [0.717, 1.165) is 0 Å². The third kappa shape index (κ3) is 3.78. The van der Waals surface area contributed by atoms with Gasteiger partial charge in [0, 0.05) is 60.0 Å². The zero-order valence-electron chi connectivity index (χ0n) is 8.05. The van der Waals surface area contributed by atoms with Crippen LogP contribution < -0.4 is 4.74 Å². The van der Waals surface area contributed by atoms with Crippen LogP contribution in [0.15, 0.2) is 42.5 Å². The molecule has 0 fully saturated rings. The molecule has 0 saturated carbocycles. The minimum atomic E-state index is 0. The molecule has 0 unspecified atom stereocenters. The normalized spacial score (nSPS) is 9.13. The Morgan fingerprint density at radius 3 is 2.67 bits per heavy atom. The third-order valence-electron chi connectivity index (χ3n) is 1.64. The molecule has 3 radical (unpaired) electrons. The van der Waals surface area contributed by atoms with E-state index in [0.29, 0.717) is 17.3 Å². The van der Waals surface area contributed by atoms with Crippen LogP contribution in [0, 0.1) is 48.6 Å². The summed E-state index contributed by atoms with van der Waals surface area (Å²) >= 11 is 0. The Labute approximate surface area is 117 Å². The molecule has 0 spiro atoms. The Balaban J connectivity index is 0.00000112. The predicted molar refractivity (Wildman–Crippen MR) is 53.0 cm³/mol. The molecule has 0 bridgehead atoms. The summed E-state index contributed by atoms with van der Waals surface area (Å²) < 4.78 is 5.41. The molecular weight excluding hydrogens is 313 g/mol. The zero-order chi connectivity index (χ0) is 9.80. The molecule has 0 atom stereocenters. The fraction of sp³-hybridized carbons (Fsp3) is 0. The molecule has 71 valence electrons. The van der Waals surface area contributed by atoms with Crippen molar-refractivity contribution < 1.29 is 40.3 Å². The van der Waals surface area contributed by atoms with Crippen molar-refractivity contribution in [2.75, 3.05) is 0 Å². The fourth-order valence-electron chi connectivity index (χ4n) is 1.04. The molecule has 0 N–H and O–H groups in total. The number of ether oxygens (including phenoxy) is 1. The van der Waals surface area contributed by atoms with Gasteiger partial charge in [0.05, 0.1) is 0 Å². The minimum Gasteiger partial charge on any atom is -0.466 e. The van der Waals surface area contributed by atoms with Gasteiger partial charge in [-0.1, -0.05) is 6.07 Å². The molecule has 15 heavy (non-hydrogen) atoms. The Morgan fingerprint density at radius 2 is 2.00 bits per heavy atom. The third-order valence-corrected chi connectivity index (χ3v) is 1.64. The van der Waals surface area contributed by atoms with Crippen LogP contribution in [-0.4, -0.2) is 4.98 Å². The van der Waals surface area contributed by atoms with Gasteiger partial charge in [-0.15, -0.1) is 12.1 Å². The molecule has 1 heterocycles. The van der Waals surface area contributed by atoms with Crippen molar-refractivity contribution >= 4 is 0 Å². The molecular formula is C12H8LaNO-. The van der Waals surface area contributed by atoms with Gasteiger partial charge in [0.2, 0.25) is 5.88 Å². The van der Waals surface area contributed by atoms with Crippen LogP contribution in [0.1, 0.15) is 5.69 Å². The molecule has 1 aromatic heterocycles. The van der Waals surface area contributed by atoms with E-state index >= 15 is 0 Å². The topological polar surface area (TPSA) is 22.1 Å². The molecule has 0 amide bonds. The standard InChI is InChI=1S/C12H8NO.La/c1-10-6-5-9-12(13-10)14-11-7-3-2-4-8-11;/h1-7,9H;/q-1;. The maximum Gasteiger partial charge on any atom is 0.216 e. The van der Waals surface area contributed by atoms with Crippen LogP contribution in [0.4, 0.5) is 0 Å². The van der Waals surface area contributed by atoms with Gasteiger partial charge < -0.3 is 4.74 Å². The molecule has 1 aromatic carbocycles. The zero-order valence-corrected chi connectivity index (χ0v) is 11.7. The maximum atomic E-state index is 5.51. The summed E-state index contributed by atoms with van der Waals surface area (Å²) in [5.41, 5.74) is 0.443. The van der Waals surface area contributed by atoms with E-state index in [9.17, 15) is 0 Å². The number of nitrogens with zero attached hydrogens (tertiary/aromatic N) is 1. The van der Waals surface area contributed by atoms with Crippen molar-refractivity contribution in [3.8, 4) is 11.6 Å². The number of aromatic nitrogens is 1. The first kappa shape index (κ1) is 12.4. The molecule has 0 aliphatic rings. The van der Waals surface area contributed by atoms with E-state index in [-0.39, 0.29) is 35.6 Å². The van der Waals surface area contributed by atoms with Gasteiger partial charge in [-0.25, -0.2) is 4.98 Å². The number of hydrogen-bond acceptors (Lipinski definition) is 2. The number of benzene rings is 1. The van der Waals surface area contributed by atoms with Crippen molar-refractivity contribution in [2.45, 2.75) is 0 Å².